The van der Waals surface area contributed by atoms with Gasteiger partial charge in [-0.05, 0) is 37.3 Å². The molecule has 9 heteroatoms. The zero-order valence-corrected chi connectivity index (χ0v) is 12.0. The number of nitrogens with zero attached hydrogens (tertiary/aromatic N) is 5. The molecular weight excluding hydrogens is 307 g/mol. The highest BCUT2D eigenvalue weighted by Gasteiger charge is 2.40. The number of aromatic nitrogens is 3. The predicted octanol–water partition coefficient (Wildman–Crippen LogP) is 2.66. The normalized spacial score (nSPS) is 19.1. The number of anilines is 2. The van der Waals surface area contributed by atoms with Crippen LogP contribution >= 0.6 is 11.6 Å². The SMILES string of the molecule is FC(F)(F)CN(c1nc(Cl)nc(N2CCCC2)n1)C1CC1. The van der Waals surface area contributed by atoms with Crippen LogP contribution in [0.15, 0.2) is 0 Å². The highest BCUT2D eigenvalue weighted by atomic mass is 35.5. The molecule has 1 saturated carbocycles. The summed E-state index contributed by atoms with van der Waals surface area (Å²) in [5.41, 5.74) is 0. The molecule has 0 atom stereocenters. The maximum atomic E-state index is 12.7. The van der Waals surface area contributed by atoms with Crippen molar-refractivity contribution in [3.05, 3.63) is 5.28 Å². The third-order valence-electron chi connectivity index (χ3n) is 3.57. The molecule has 5 nitrogen and oxygen atoms in total. The Morgan fingerprint density at radius 1 is 1.14 bits per heavy atom. The second kappa shape index (κ2) is 5.47. The van der Waals surface area contributed by atoms with Crippen molar-refractivity contribution in [2.24, 2.45) is 0 Å². The van der Waals surface area contributed by atoms with Crippen molar-refractivity contribution < 1.29 is 13.2 Å². The van der Waals surface area contributed by atoms with Crippen LogP contribution in [0.2, 0.25) is 5.28 Å². The van der Waals surface area contributed by atoms with Gasteiger partial charge in [0.25, 0.3) is 0 Å². The lowest BCUT2D eigenvalue weighted by Crippen LogP contribution is -2.37. The van der Waals surface area contributed by atoms with Crippen molar-refractivity contribution >= 4 is 23.5 Å². The van der Waals surface area contributed by atoms with Gasteiger partial charge >= 0.3 is 6.18 Å². The van der Waals surface area contributed by atoms with Crippen LogP contribution in [0.1, 0.15) is 25.7 Å². The van der Waals surface area contributed by atoms with Crippen molar-refractivity contribution in [2.45, 2.75) is 37.9 Å². The summed E-state index contributed by atoms with van der Waals surface area (Å²) in [6.45, 7) is 0.530. The van der Waals surface area contributed by atoms with E-state index in [1.54, 1.807) is 0 Å². The molecule has 0 spiro atoms. The Morgan fingerprint density at radius 3 is 2.38 bits per heavy atom. The molecule has 0 amide bonds. The summed E-state index contributed by atoms with van der Waals surface area (Å²) in [5, 5.41) is -0.0604. The van der Waals surface area contributed by atoms with Gasteiger partial charge in [0.15, 0.2) is 0 Å². The van der Waals surface area contributed by atoms with E-state index in [1.807, 2.05) is 4.90 Å². The molecule has 1 aromatic rings. The average molecular weight is 322 g/mol. The number of halogens is 4. The lowest BCUT2D eigenvalue weighted by Gasteiger charge is -2.25. The molecule has 0 radical (unpaired) electrons. The number of hydrogen-bond acceptors (Lipinski definition) is 5. The second-order valence-corrected chi connectivity index (χ2v) is 5.71. The maximum absolute atomic E-state index is 12.7. The zero-order chi connectivity index (χ0) is 15.0. The summed E-state index contributed by atoms with van der Waals surface area (Å²) >= 11 is 5.87. The average Bonchev–Trinajstić information content (AvgIpc) is 3.08. The minimum atomic E-state index is -4.30. The van der Waals surface area contributed by atoms with Crippen molar-refractivity contribution in [1.29, 1.82) is 0 Å². The van der Waals surface area contributed by atoms with Gasteiger partial charge in [-0.1, -0.05) is 0 Å². The largest absolute Gasteiger partial charge is 0.406 e. The molecule has 0 N–H and O–H groups in total. The minimum Gasteiger partial charge on any atom is -0.341 e. The van der Waals surface area contributed by atoms with Gasteiger partial charge in [0.05, 0.1) is 0 Å². The molecule has 1 aliphatic heterocycles. The van der Waals surface area contributed by atoms with Gasteiger partial charge in [0.2, 0.25) is 17.2 Å². The molecule has 0 unspecified atom stereocenters. The molecule has 2 aliphatic rings. The summed E-state index contributed by atoms with van der Waals surface area (Å²) in [6, 6.07) is -0.156. The Labute approximate surface area is 125 Å². The van der Waals surface area contributed by atoms with Crippen molar-refractivity contribution in [1.82, 2.24) is 15.0 Å². The second-order valence-electron chi connectivity index (χ2n) is 5.37. The van der Waals surface area contributed by atoms with E-state index in [1.165, 1.54) is 4.90 Å². The van der Waals surface area contributed by atoms with Crippen LogP contribution in [-0.2, 0) is 0 Å². The first kappa shape index (κ1) is 14.6. The summed E-state index contributed by atoms with van der Waals surface area (Å²) in [5.74, 6) is 0.395. The quantitative estimate of drug-likeness (QED) is 0.853. The van der Waals surface area contributed by atoms with Gasteiger partial charge in [-0.3, -0.25) is 0 Å². The Balaban J connectivity index is 1.88. The van der Waals surface area contributed by atoms with Gasteiger partial charge in [-0.15, -0.1) is 0 Å². The van der Waals surface area contributed by atoms with E-state index < -0.39 is 12.7 Å². The fourth-order valence-corrected chi connectivity index (χ4v) is 2.61. The molecule has 1 aliphatic carbocycles. The Bertz CT molecular complexity index is 514. The lowest BCUT2D eigenvalue weighted by molar-refractivity contribution is -0.120. The van der Waals surface area contributed by atoms with Gasteiger partial charge in [0.1, 0.15) is 6.54 Å². The predicted molar refractivity (Wildman–Crippen MR) is 72.7 cm³/mol. The van der Waals surface area contributed by atoms with E-state index in [-0.39, 0.29) is 17.3 Å². The first-order valence-electron chi connectivity index (χ1n) is 6.92. The summed E-state index contributed by atoms with van der Waals surface area (Å²) in [6.07, 6.45) is -0.812. The van der Waals surface area contributed by atoms with E-state index >= 15 is 0 Å². The molecule has 2 fully saturated rings. The number of rotatable bonds is 4. The van der Waals surface area contributed by atoms with E-state index in [2.05, 4.69) is 15.0 Å². The first-order valence-corrected chi connectivity index (χ1v) is 7.30. The fourth-order valence-electron chi connectivity index (χ4n) is 2.46. The third kappa shape index (κ3) is 3.66. The van der Waals surface area contributed by atoms with Crippen LogP contribution < -0.4 is 9.80 Å². The third-order valence-corrected chi connectivity index (χ3v) is 3.74. The standard InChI is InChI=1S/C12H15ClF3N5/c13-9-17-10(20-5-1-2-6-20)19-11(18-9)21(8-3-4-8)7-12(14,15)16/h8H,1-7H2. The Hall–Kier alpha value is -1.31. The minimum absolute atomic E-state index is 0.0247. The summed E-state index contributed by atoms with van der Waals surface area (Å²) < 4.78 is 38.2. The molecule has 0 bridgehead atoms. The van der Waals surface area contributed by atoms with Crippen molar-refractivity contribution in [3.63, 3.8) is 0 Å². The molecule has 1 saturated heterocycles. The molecule has 0 aromatic carbocycles. The smallest absolute Gasteiger partial charge is 0.341 e. The molecule has 3 rings (SSSR count). The van der Waals surface area contributed by atoms with Gasteiger partial charge in [0, 0.05) is 19.1 Å². The molecule has 21 heavy (non-hydrogen) atoms. The van der Waals surface area contributed by atoms with E-state index in [4.69, 9.17) is 11.6 Å². The fraction of sp³-hybridized carbons (Fsp3) is 0.750. The molecule has 116 valence electrons. The summed E-state index contributed by atoms with van der Waals surface area (Å²) in [7, 11) is 0. The molecular formula is C12H15ClF3N5. The summed E-state index contributed by atoms with van der Waals surface area (Å²) in [4.78, 5) is 15.2. The van der Waals surface area contributed by atoms with Crippen LogP contribution in [0.25, 0.3) is 0 Å². The first-order chi connectivity index (χ1) is 9.92. The van der Waals surface area contributed by atoms with Crippen molar-refractivity contribution in [3.8, 4) is 0 Å². The highest BCUT2D eigenvalue weighted by Crippen LogP contribution is 2.33. The van der Waals surface area contributed by atoms with E-state index in [0.29, 0.717) is 5.95 Å². The lowest BCUT2D eigenvalue weighted by atomic mass is 10.4. The van der Waals surface area contributed by atoms with Gasteiger partial charge < -0.3 is 9.80 Å². The van der Waals surface area contributed by atoms with Gasteiger partial charge in [-0.25, -0.2) is 0 Å². The van der Waals surface area contributed by atoms with Crippen LogP contribution in [0.4, 0.5) is 25.1 Å². The van der Waals surface area contributed by atoms with E-state index in [0.717, 1.165) is 38.8 Å². The number of alkyl halides is 3. The number of hydrogen-bond donors (Lipinski definition) is 0. The van der Waals surface area contributed by atoms with Gasteiger partial charge in [-0.2, -0.15) is 28.1 Å². The topological polar surface area (TPSA) is 45.2 Å². The maximum Gasteiger partial charge on any atom is 0.406 e. The van der Waals surface area contributed by atoms with Crippen LogP contribution in [0.5, 0.6) is 0 Å². The van der Waals surface area contributed by atoms with Crippen LogP contribution in [0.3, 0.4) is 0 Å². The zero-order valence-electron chi connectivity index (χ0n) is 11.3. The Kier molecular flexibility index (Phi) is 3.81. The van der Waals surface area contributed by atoms with Crippen molar-refractivity contribution in [2.75, 3.05) is 29.4 Å². The van der Waals surface area contributed by atoms with Crippen LogP contribution in [0, 0.1) is 0 Å². The Morgan fingerprint density at radius 2 is 1.81 bits per heavy atom. The molecule has 2 heterocycles. The van der Waals surface area contributed by atoms with Crippen LogP contribution in [-0.4, -0.2) is 46.8 Å². The van der Waals surface area contributed by atoms with E-state index in [9.17, 15) is 13.2 Å². The molecule has 1 aromatic heterocycles. The highest BCUT2D eigenvalue weighted by molar-refractivity contribution is 6.28. The monoisotopic (exact) mass is 321 g/mol.